The van der Waals surface area contributed by atoms with Crippen LogP contribution in [-0.2, 0) is 11.8 Å². The average molecular weight is 444 g/mol. The monoisotopic (exact) mass is 442 g/mol. The zero-order valence-corrected chi connectivity index (χ0v) is 16.2. The number of halogens is 2. The van der Waals surface area contributed by atoms with Gasteiger partial charge in [-0.05, 0) is 49.1 Å². The zero-order chi connectivity index (χ0) is 15.9. The molecular weight excluding hydrogens is 424 g/mol. The molecular formula is C18H20Br2O3. The molecule has 2 fully saturated rings. The largest absolute Gasteiger partial charge is 0.493 e. The first-order valence-corrected chi connectivity index (χ1v) is 10.2. The smallest absolute Gasteiger partial charge is 0.166 e. The molecule has 3 nitrogen and oxygen atoms in total. The van der Waals surface area contributed by atoms with E-state index in [1.165, 1.54) is 24.0 Å². The predicted molar refractivity (Wildman–Crippen MR) is 94.7 cm³/mol. The Morgan fingerprint density at radius 3 is 3.04 bits per heavy atom. The lowest BCUT2D eigenvalue weighted by atomic mass is 9.48. The minimum absolute atomic E-state index is 0.0212. The lowest BCUT2D eigenvalue weighted by Crippen LogP contribution is -2.62. The van der Waals surface area contributed by atoms with Crippen LogP contribution in [0.4, 0.5) is 0 Å². The Balaban J connectivity index is 1.82. The van der Waals surface area contributed by atoms with Crippen LogP contribution in [0.3, 0.4) is 0 Å². The van der Waals surface area contributed by atoms with Gasteiger partial charge in [-0.15, -0.1) is 0 Å². The fourth-order valence-corrected chi connectivity index (χ4v) is 7.21. The van der Waals surface area contributed by atoms with Crippen molar-refractivity contribution in [3.05, 3.63) is 21.7 Å². The molecule has 1 aromatic carbocycles. The van der Waals surface area contributed by atoms with Crippen LogP contribution in [-0.4, -0.2) is 29.3 Å². The Morgan fingerprint density at radius 1 is 1.43 bits per heavy atom. The van der Waals surface area contributed by atoms with Gasteiger partial charge in [-0.3, -0.25) is 0 Å². The van der Waals surface area contributed by atoms with Gasteiger partial charge in [-0.2, -0.15) is 0 Å². The normalized spacial score (nSPS) is 42.9. The van der Waals surface area contributed by atoms with Gasteiger partial charge < -0.3 is 14.6 Å². The molecule has 6 atom stereocenters. The number of ether oxygens (including phenoxy) is 2. The topological polar surface area (TPSA) is 38.7 Å². The molecule has 1 N–H and O–H groups in total. The van der Waals surface area contributed by atoms with E-state index in [0.717, 1.165) is 35.2 Å². The maximum absolute atomic E-state index is 10.9. The van der Waals surface area contributed by atoms with E-state index < -0.39 is 6.10 Å². The highest BCUT2D eigenvalue weighted by Crippen LogP contribution is 2.67. The van der Waals surface area contributed by atoms with Crippen molar-refractivity contribution in [3.63, 3.8) is 0 Å². The average Bonchev–Trinajstić information content (AvgIpc) is 2.86. The van der Waals surface area contributed by atoms with E-state index in [1.54, 1.807) is 7.11 Å². The van der Waals surface area contributed by atoms with Crippen molar-refractivity contribution in [3.8, 4) is 11.5 Å². The minimum Gasteiger partial charge on any atom is -0.493 e. The second kappa shape index (κ2) is 4.89. The standard InChI is InChI=1S/C18H20Br2O3/c1-22-13-7-11(19)9-5-8-3-2-4-18-10(8)6-12(20)15(21)17(18)23-16(13)14(9)18/h7-8,10,12,15,17,21H,2-6H2,1H3/t8-,10+,12-,15+,17+,18+/m1/s1. The van der Waals surface area contributed by atoms with Crippen LogP contribution in [0.1, 0.15) is 36.8 Å². The first-order chi connectivity index (χ1) is 11.1. The lowest BCUT2D eigenvalue weighted by Gasteiger charge is -2.57. The summed E-state index contributed by atoms with van der Waals surface area (Å²) in [5.74, 6) is 2.98. The third-order valence-corrected chi connectivity index (χ3v) is 8.38. The Bertz CT molecular complexity index is 691. The van der Waals surface area contributed by atoms with E-state index >= 15 is 0 Å². The number of hydrogen-bond donors (Lipinski definition) is 1. The fraction of sp³-hybridized carbons (Fsp3) is 0.667. The molecule has 2 saturated carbocycles. The number of alkyl halides is 1. The van der Waals surface area contributed by atoms with Crippen molar-refractivity contribution in [2.45, 2.75) is 54.6 Å². The van der Waals surface area contributed by atoms with E-state index in [2.05, 4.69) is 31.9 Å². The van der Waals surface area contributed by atoms with Gasteiger partial charge in [-0.1, -0.05) is 38.3 Å². The first kappa shape index (κ1) is 15.0. The van der Waals surface area contributed by atoms with E-state index in [1.807, 2.05) is 6.07 Å². The van der Waals surface area contributed by atoms with Gasteiger partial charge in [0.25, 0.3) is 0 Å². The Hall–Kier alpha value is -0.260. The molecule has 124 valence electrons. The number of hydrogen-bond acceptors (Lipinski definition) is 3. The molecule has 4 aliphatic rings. The SMILES string of the molecule is COc1cc(Br)c2c3c1O[C@H]1[C@@H](O)[C@H](Br)C[C@H]4[C@H](CCC[C@@]341)C2. The molecule has 23 heavy (non-hydrogen) atoms. The third-order valence-electron chi connectivity index (χ3n) is 6.76. The van der Waals surface area contributed by atoms with Gasteiger partial charge in [0.1, 0.15) is 12.2 Å². The van der Waals surface area contributed by atoms with Gasteiger partial charge in [0.15, 0.2) is 11.5 Å². The molecule has 1 heterocycles. The first-order valence-electron chi connectivity index (χ1n) is 8.46. The third kappa shape index (κ3) is 1.69. The molecule has 1 aromatic rings. The lowest BCUT2D eigenvalue weighted by molar-refractivity contribution is -0.0811. The van der Waals surface area contributed by atoms with Crippen molar-refractivity contribution in [2.75, 3.05) is 7.11 Å². The van der Waals surface area contributed by atoms with Crippen LogP contribution in [0.15, 0.2) is 10.5 Å². The highest BCUT2D eigenvalue weighted by Gasteiger charge is 2.66. The molecule has 5 heteroatoms. The summed E-state index contributed by atoms with van der Waals surface area (Å²) < 4.78 is 13.2. The molecule has 3 aliphatic carbocycles. The molecule has 1 aliphatic heterocycles. The molecule has 0 radical (unpaired) electrons. The van der Waals surface area contributed by atoms with Crippen molar-refractivity contribution in [1.29, 1.82) is 0 Å². The molecule has 0 unspecified atom stereocenters. The van der Waals surface area contributed by atoms with Crippen LogP contribution in [0.5, 0.6) is 11.5 Å². The molecule has 1 spiro atoms. The highest BCUT2D eigenvalue weighted by atomic mass is 79.9. The summed E-state index contributed by atoms with van der Waals surface area (Å²) in [5, 5.41) is 10.9. The Kier molecular flexibility index (Phi) is 3.19. The van der Waals surface area contributed by atoms with Crippen molar-refractivity contribution in [2.24, 2.45) is 11.8 Å². The van der Waals surface area contributed by atoms with Crippen molar-refractivity contribution in [1.82, 2.24) is 0 Å². The van der Waals surface area contributed by atoms with Gasteiger partial charge >= 0.3 is 0 Å². The minimum atomic E-state index is -0.466. The van der Waals surface area contributed by atoms with E-state index in [4.69, 9.17) is 9.47 Å². The summed E-state index contributed by atoms with van der Waals surface area (Å²) in [4.78, 5) is 0.122. The maximum Gasteiger partial charge on any atom is 0.166 e. The van der Waals surface area contributed by atoms with E-state index in [9.17, 15) is 5.11 Å². The number of aliphatic hydroxyl groups excluding tert-OH is 1. The van der Waals surface area contributed by atoms with Crippen LogP contribution >= 0.6 is 31.9 Å². The van der Waals surface area contributed by atoms with Crippen molar-refractivity contribution >= 4 is 31.9 Å². The summed E-state index contributed by atoms with van der Waals surface area (Å²) in [6.07, 6.45) is 5.19. The number of benzene rings is 1. The van der Waals surface area contributed by atoms with Crippen molar-refractivity contribution < 1.29 is 14.6 Å². The molecule has 0 saturated heterocycles. The summed E-state index contributed by atoms with van der Waals surface area (Å²) in [6, 6.07) is 2.04. The second-order valence-electron chi connectivity index (χ2n) is 7.53. The van der Waals surface area contributed by atoms with Gasteiger partial charge in [0, 0.05) is 20.3 Å². The number of methoxy groups -OCH3 is 1. The van der Waals surface area contributed by atoms with Crippen LogP contribution in [0.25, 0.3) is 0 Å². The number of rotatable bonds is 1. The molecule has 0 amide bonds. The summed E-state index contributed by atoms with van der Waals surface area (Å²) >= 11 is 7.49. The van der Waals surface area contributed by atoms with Crippen LogP contribution < -0.4 is 9.47 Å². The van der Waals surface area contributed by atoms with Crippen LogP contribution in [0, 0.1) is 11.8 Å². The van der Waals surface area contributed by atoms with Gasteiger partial charge in [-0.25, -0.2) is 0 Å². The van der Waals surface area contributed by atoms with Gasteiger partial charge in [0.2, 0.25) is 0 Å². The quantitative estimate of drug-likeness (QED) is 0.667. The highest BCUT2D eigenvalue weighted by molar-refractivity contribution is 9.10. The molecule has 5 rings (SSSR count). The van der Waals surface area contributed by atoms with Gasteiger partial charge in [0.05, 0.1) is 7.11 Å². The van der Waals surface area contributed by atoms with E-state index in [0.29, 0.717) is 11.8 Å². The van der Waals surface area contributed by atoms with E-state index in [-0.39, 0.29) is 16.3 Å². The molecule has 0 aromatic heterocycles. The van der Waals surface area contributed by atoms with Crippen LogP contribution in [0.2, 0.25) is 0 Å². The summed E-state index contributed by atoms with van der Waals surface area (Å²) in [6.45, 7) is 0. The number of aliphatic hydroxyl groups is 1. The summed E-state index contributed by atoms with van der Waals surface area (Å²) in [5.41, 5.74) is 2.71. The Labute approximate surface area is 153 Å². The fourth-order valence-electron chi connectivity index (χ4n) is 5.97. The Morgan fingerprint density at radius 2 is 2.26 bits per heavy atom. The second-order valence-corrected chi connectivity index (χ2v) is 9.56. The zero-order valence-electron chi connectivity index (χ0n) is 13.0. The maximum atomic E-state index is 10.9. The predicted octanol–water partition coefficient (Wildman–Crippen LogP) is 3.96. The summed E-state index contributed by atoms with van der Waals surface area (Å²) in [7, 11) is 1.70. The molecule has 2 bridgehead atoms.